The first-order valence-corrected chi connectivity index (χ1v) is 27.0. The Morgan fingerprint density at radius 1 is 0.561 bits per heavy atom. The number of fused-ring (bicyclic) bond motifs is 3. The highest BCUT2D eigenvalue weighted by Crippen LogP contribution is 2.35. The lowest BCUT2D eigenvalue weighted by Crippen LogP contribution is -2.53. The Bertz CT molecular complexity index is 3580. The van der Waals surface area contributed by atoms with E-state index < -0.39 is 6.29 Å². The van der Waals surface area contributed by atoms with Gasteiger partial charge in [-0.3, -0.25) is 29.0 Å². The Labute approximate surface area is 501 Å². The minimum Gasteiger partial charge on any atom is -0.395 e. The zero-order valence-electron chi connectivity index (χ0n) is 44.6. The number of benzene rings is 8. The van der Waals surface area contributed by atoms with Gasteiger partial charge in [-0.2, -0.15) is 27.0 Å². The molecule has 4 amide bonds. The van der Waals surface area contributed by atoms with Crippen LogP contribution in [-0.4, -0.2) is 101 Å². The number of hydrogen-bond acceptors (Lipinski definition) is 9. The van der Waals surface area contributed by atoms with Gasteiger partial charge in [0.15, 0.2) is 6.29 Å². The van der Waals surface area contributed by atoms with Crippen LogP contribution in [0.2, 0.25) is 10.0 Å². The molecule has 0 spiro atoms. The molecule has 3 heterocycles. The van der Waals surface area contributed by atoms with Gasteiger partial charge in [-0.15, -0.1) is 6.58 Å². The van der Waals surface area contributed by atoms with Crippen molar-refractivity contribution in [3.63, 3.8) is 0 Å². The summed E-state index contributed by atoms with van der Waals surface area (Å²) < 4.78 is 5.49. The van der Waals surface area contributed by atoms with Crippen LogP contribution in [0.25, 0.3) is 22.3 Å². The van der Waals surface area contributed by atoms with Crippen LogP contribution in [-0.2, 0) is 17.8 Å². The van der Waals surface area contributed by atoms with Crippen LogP contribution in [0.3, 0.4) is 0 Å². The highest BCUT2D eigenvalue weighted by Gasteiger charge is 2.36. The van der Waals surface area contributed by atoms with Gasteiger partial charge in [0.25, 0.3) is 23.6 Å². The Kier molecular flexibility index (Phi) is 20.6. The van der Waals surface area contributed by atoms with Crippen molar-refractivity contribution in [3.8, 4) is 22.3 Å². The number of amides is 4. The number of ether oxygens (including phenoxy) is 1. The maximum Gasteiger partial charge on any atom is 0.259 e. The summed E-state index contributed by atoms with van der Waals surface area (Å²) in [5.41, 5.74) is 9.79. The molecule has 8 aromatic rings. The van der Waals surface area contributed by atoms with Crippen LogP contribution in [0.15, 0.2) is 207 Å². The summed E-state index contributed by atoms with van der Waals surface area (Å²) in [6, 6.07) is 59.3. The van der Waals surface area contributed by atoms with Gasteiger partial charge in [-0.25, -0.2) is 0 Å². The van der Waals surface area contributed by atoms with Crippen molar-refractivity contribution in [1.29, 1.82) is 0 Å². The molecule has 4 N–H and O–H groups in total. The molecule has 0 saturated carbocycles. The highest BCUT2D eigenvalue weighted by molar-refractivity contribution is 7.59. The Balaban J connectivity index is 0.000000210. The predicted molar refractivity (Wildman–Crippen MR) is 337 cm³/mol. The number of anilines is 4. The molecule has 8 aromatic carbocycles. The first kappa shape index (κ1) is 60.6. The molecule has 0 radical (unpaired) electrons. The van der Waals surface area contributed by atoms with Gasteiger partial charge in [-0.05, 0) is 94.0 Å². The molecule has 1 saturated heterocycles. The van der Waals surface area contributed by atoms with Crippen molar-refractivity contribution < 1.29 is 34.1 Å². The number of para-hydroxylation sites is 2. The second-order valence-corrected chi connectivity index (χ2v) is 20.4. The quantitative estimate of drug-likeness (QED) is 0.0927. The summed E-state index contributed by atoms with van der Waals surface area (Å²) in [6.07, 6.45) is 0.952. The summed E-state index contributed by atoms with van der Waals surface area (Å²) in [7, 11) is 0. The maximum atomic E-state index is 13.9. The molecule has 0 aromatic heterocycles. The van der Waals surface area contributed by atoms with E-state index in [1.165, 1.54) is 0 Å². The second kappa shape index (κ2) is 28.0. The lowest BCUT2D eigenvalue weighted by atomic mass is 9.99. The molecule has 13 nitrogen and oxygen atoms in total. The van der Waals surface area contributed by atoms with Crippen molar-refractivity contribution in [2.75, 3.05) is 59.8 Å². The second-order valence-electron chi connectivity index (χ2n) is 19.6. The van der Waals surface area contributed by atoms with Gasteiger partial charge < -0.3 is 35.4 Å². The molecule has 17 heteroatoms. The zero-order valence-corrected chi connectivity index (χ0v) is 48.1. The standard InChI is InChI=1S/C33H30ClN3O3.C32H28ClN3O4.2H2S/c1-2-18-36-20-24-12-6-9-15-31(24)37(21-26(36)22-38)33(40)29-17-16-25(19-30(29)34)35-32(39)28-14-8-7-13-27(28)23-10-4-3-5-11-23;33-28-16-23(34-31(38)26-12-6-5-11-25(26)21-8-2-1-3-9-21)14-15-27(28)32(39)36-18-24-20-40-30(37)19-35(24)17-22-10-4-7-13-29(22)36;;/h2-17,19,26,38H,1,18,20-22H2,(H,35,39);1-16,24,30,37H,17-20H2,(H,34,38);2*1H2/t26-;24-,30?;;/m00../s1. The van der Waals surface area contributed by atoms with Crippen LogP contribution in [0.1, 0.15) is 52.6 Å². The zero-order chi connectivity index (χ0) is 55.7. The molecule has 3 aliphatic rings. The first-order valence-electron chi connectivity index (χ1n) is 26.3. The van der Waals surface area contributed by atoms with E-state index in [0.717, 1.165) is 44.8 Å². The monoisotopic (exact) mass is 1170 g/mol. The number of rotatable bonds is 11. The molecule has 0 bridgehead atoms. The van der Waals surface area contributed by atoms with E-state index in [4.69, 9.17) is 27.9 Å². The molecule has 82 heavy (non-hydrogen) atoms. The van der Waals surface area contributed by atoms with E-state index in [0.29, 0.717) is 79.5 Å². The van der Waals surface area contributed by atoms with Gasteiger partial charge in [-0.1, -0.05) is 163 Å². The van der Waals surface area contributed by atoms with E-state index in [1.807, 2.05) is 146 Å². The fourth-order valence-corrected chi connectivity index (χ4v) is 11.0. The summed E-state index contributed by atoms with van der Waals surface area (Å²) in [5.74, 6) is -1.05. The van der Waals surface area contributed by atoms with Gasteiger partial charge in [0, 0.05) is 66.6 Å². The number of carbonyl (C=O) groups excluding carboxylic acids is 4. The van der Waals surface area contributed by atoms with Crippen molar-refractivity contribution in [2.24, 2.45) is 0 Å². The van der Waals surface area contributed by atoms with Gasteiger partial charge >= 0.3 is 0 Å². The molecular formula is C65H62Cl2N6O7S2. The lowest BCUT2D eigenvalue weighted by molar-refractivity contribution is -0.165. The molecular weight excluding hydrogens is 1110 g/mol. The number of nitrogens with zero attached hydrogens (tertiary/aromatic N) is 4. The summed E-state index contributed by atoms with van der Waals surface area (Å²) >= 11 is 13.3. The fourth-order valence-electron chi connectivity index (χ4n) is 10.5. The van der Waals surface area contributed by atoms with E-state index in [9.17, 15) is 29.4 Å². The van der Waals surface area contributed by atoms with E-state index >= 15 is 0 Å². The van der Waals surface area contributed by atoms with E-state index in [2.05, 4.69) is 27.0 Å². The minimum absolute atomic E-state index is 0. The van der Waals surface area contributed by atoms with Crippen LogP contribution < -0.4 is 20.4 Å². The number of halogens is 2. The molecule has 1 fully saturated rings. The minimum atomic E-state index is -0.845. The average molecular weight is 1170 g/mol. The van der Waals surface area contributed by atoms with Gasteiger partial charge in [0.05, 0.1) is 53.0 Å². The van der Waals surface area contributed by atoms with Crippen LogP contribution in [0.5, 0.6) is 0 Å². The number of aliphatic hydroxyl groups is 2. The third-order valence-electron chi connectivity index (χ3n) is 14.5. The van der Waals surface area contributed by atoms with Gasteiger partial charge in [0.2, 0.25) is 0 Å². The third-order valence-corrected chi connectivity index (χ3v) is 15.1. The Hall–Kier alpha value is -7.54. The lowest BCUT2D eigenvalue weighted by Gasteiger charge is -2.37. The summed E-state index contributed by atoms with van der Waals surface area (Å²) in [4.78, 5) is 61.9. The number of nitrogens with one attached hydrogen (secondary N) is 2. The molecule has 11 rings (SSSR count). The Morgan fingerprint density at radius 2 is 1.01 bits per heavy atom. The first-order chi connectivity index (χ1) is 39.0. The van der Waals surface area contributed by atoms with E-state index in [1.54, 1.807) is 64.4 Å². The topological polar surface area (TPSA) is 155 Å². The Morgan fingerprint density at radius 3 is 1.50 bits per heavy atom. The molecule has 0 aliphatic carbocycles. The third kappa shape index (κ3) is 13.7. The number of hydrogen-bond donors (Lipinski definition) is 4. The number of aliphatic hydroxyl groups excluding tert-OH is 2. The predicted octanol–water partition coefficient (Wildman–Crippen LogP) is 11.9. The number of morpholine rings is 1. The van der Waals surface area contributed by atoms with Crippen molar-refractivity contribution >= 4 is 96.6 Å². The van der Waals surface area contributed by atoms with Crippen molar-refractivity contribution in [2.45, 2.75) is 31.5 Å². The fraction of sp³-hybridized carbons (Fsp3) is 0.169. The largest absolute Gasteiger partial charge is 0.395 e. The molecule has 3 atom stereocenters. The van der Waals surface area contributed by atoms with Crippen LogP contribution >= 0.6 is 50.2 Å². The van der Waals surface area contributed by atoms with Crippen LogP contribution in [0.4, 0.5) is 22.7 Å². The normalized spacial score (nSPS) is 16.6. The van der Waals surface area contributed by atoms with Gasteiger partial charge in [0.1, 0.15) is 0 Å². The van der Waals surface area contributed by atoms with Crippen LogP contribution in [0, 0.1) is 0 Å². The van der Waals surface area contributed by atoms with Crippen molar-refractivity contribution in [1.82, 2.24) is 9.80 Å². The molecule has 420 valence electrons. The average Bonchev–Trinajstić information content (AvgIpc) is 3.76. The van der Waals surface area contributed by atoms with Crippen molar-refractivity contribution in [3.05, 3.63) is 250 Å². The maximum absolute atomic E-state index is 13.9. The number of carbonyl (C=O) groups is 4. The summed E-state index contributed by atoms with van der Waals surface area (Å²) in [5, 5.41) is 26.5. The SMILES string of the molecule is C=CCN1Cc2ccccc2N(C(=O)c2ccc(NC(=O)c3ccccc3-c3ccccc3)cc2Cl)C[C@H]1CO.O=C(Nc1ccc(C(=O)N2C[C@H]3COC(O)CN3Cc3ccccc32)c(Cl)c1)c1ccccc1-c1ccccc1.S.S. The highest BCUT2D eigenvalue weighted by atomic mass is 35.5. The summed E-state index contributed by atoms with van der Waals surface area (Å²) in [6.45, 7) is 6.91. The molecule has 1 unspecified atom stereocenters. The van der Waals surface area contributed by atoms with E-state index in [-0.39, 0.29) is 79.4 Å². The molecule has 3 aliphatic heterocycles. The smallest absolute Gasteiger partial charge is 0.259 e.